The van der Waals surface area contributed by atoms with Crippen LogP contribution >= 0.6 is 23.4 Å². The van der Waals surface area contributed by atoms with Crippen molar-refractivity contribution in [3.05, 3.63) is 94.5 Å². The predicted molar refractivity (Wildman–Crippen MR) is 125 cm³/mol. The van der Waals surface area contributed by atoms with Gasteiger partial charge in [-0.2, -0.15) is 0 Å². The predicted octanol–water partition coefficient (Wildman–Crippen LogP) is 5.73. The van der Waals surface area contributed by atoms with E-state index in [4.69, 9.17) is 16.3 Å². The SMILES string of the molecule is CCOc1ccccc1NC1=C(Sc2ccccc2)C(=O)N(c2cccc(Cl)c2)C1=O. The van der Waals surface area contributed by atoms with Crippen LogP contribution in [-0.4, -0.2) is 18.4 Å². The van der Waals surface area contributed by atoms with Gasteiger partial charge in [-0.15, -0.1) is 0 Å². The van der Waals surface area contributed by atoms with Gasteiger partial charge in [-0.3, -0.25) is 9.59 Å². The highest BCUT2D eigenvalue weighted by molar-refractivity contribution is 8.04. The summed E-state index contributed by atoms with van der Waals surface area (Å²) in [5.74, 6) is -0.252. The van der Waals surface area contributed by atoms with E-state index in [0.29, 0.717) is 33.7 Å². The van der Waals surface area contributed by atoms with Crippen molar-refractivity contribution in [2.45, 2.75) is 11.8 Å². The van der Waals surface area contributed by atoms with Crippen molar-refractivity contribution in [2.75, 3.05) is 16.8 Å². The number of imide groups is 1. The first-order valence-corrected chi connectivity index (χ1v) is 10.9. The number of carbonyl (C=O) groups is 2. The van der Waals surface area contributed by atoms with Gasteiger partial charge in [0.2, 0.25) is 0 Å². The average molecular weight is 451 g/mol. The molecule has 4 rings (SSSR count). The van der Waals surface area contributed by atoms with Crippen LogP contribution in [0, 0.1) is 0 Å². The van der Waals surface area contributed by atoms with Crippen molar-refractivity contribution in [3.8, 4) is 5.75 Å². The minimum absolute atomic E-state index is 0.200. The molecule has 31 heavy (non-hydrogen) atoms. The smallest absolute Gasteiger partial charge is 0.283 e. The Morgan fingerprint density at radius 3 is 2.42 bits per heavy atom. The third-order valence-corrected chi connectivity index (χ3v) is 5.84. The molecule has 0 radical (unpaired) electrons. The Morgan fingerprint density at radius 2 is 1.68 bits per heavy atom. The zero-order valence-electron chi connectivity index (χ0n) is 16.7. The summed E-state index contributed by atoms with van der Waals surface area (Å²) in [4.78, 5) is 29.0. The van der Waals surface area contributed by atoms with Crippen LogP contribution in [0.3, 0.4) is 0 Å². The second-order valence-corrected chi connectivity index (χ2v) is 8.12. The molecule has 0 saturated heterocycles. The summed E-state index contributed by atoms with van der Waals surface area (Å²) in [5, 5.41) is 3.59. The Labute approximate surface area is 189 Å². The second-order valence-electron chi connectivity index (χ2n) is 6.60. The molecule has 0 aromatic heterocycles. The zero-order chi connectivity index (χ0) is 21.8. The van der Waals surface area contributed by atoms with Gasteiger partial charge >= 0.3 is 0 Å². The van der Waals surface area contributed by atoms with E-state index in [1.807, 2.05) is 61.5 Å². The van der Waals surface area contributed by atoms with Gasteiger partial charge < -0.3 is 10.1 Å². The van der Waals surface area contributed by atoms with E-state index in [9.17, 15) is 9.59 Å². The molecule has 0 aliphatic carbocycles. The lowest BCUT2D eigenvalue weighted by molar-refractivity contribution is -0.120. The lowest BCUT2D eigenvalue weighted by Crippen LogP contribution is -2.32. The molecule has 0 fully saturated rings. The van der Waals surface area contributed by atoms with Gasteiger partial charge in [0.1, 0.15) is 16.4 Å². The van der Waals surface area contributed by atoms with Gasteiger partial charge in [-0.25, -0.2) is 4.90 Å². The number of nitrogens with one attached hydrogen (secondary N) is 1. The third kappa shape index (κ3) is 4.45. The minimum atomic E-state index is -0.447. The van der Waals surface area contributed by atoms with Gasteiger partial charge in [0.05, 0.1) is 18.0 Å². The molecule has 0 spiro atoms. The van der Waals surface area contributed by atoms with Crippen LogP contribution in [-0.2, 0) is 9.59 Å². The number of halogens is 1. The molecule has 0 atom stereocenters. The van der Waals surface area contributed by atoms with Crippen molar-refractivity contribution in [1.82, 2.24) is 0 Å². The summed E-state index contributed by atoms with van der Waals surface area (Å²) in [7, 11) is 0. The van der Waals surface area contributed by atoms with Crippen LogP contribution in [0.25, 0.3) is 0 Å². The summed E-state index contributed by atoms with van der Waals surface area (Å²) in [6, 6.07) is 23.4. The molecule has 2 amide bonds. The lowest BCUT2D eigenvalue weighted by Gasteiger charge is -2.16. The molecule has 3 aromatic rings. The molecule has 1 aliphatic rings. The highest BCUT2D eigenvalue weighted by Crippen LogP contribution is 2.39. The number of ether oxygens (including phenoxy) is 1. The van der Waals surface area contributed by atoms with Crippen LogP contribution in [0.4, 0.5) is 11.4 Å². The van der Waals surface area contributed by atoms with Gasteiger partial charge in [0.15, 0.2) is 0 Å². The minimum Gasteiger partial charge on any atom is -0.492 e. The Morgan fingerprint density at radius 1 is 0.935 bits per heavy atom. The first-order chi connectivity index (χ1) is 15.1. The maximum Gasteiger partial charge on any atom is 0.283 e. The monoisotopic (exact) mass is 450 g/mol. The molecule has 5 nitrogen and oxygen atoms in total. The van der Waals surface area contributed by atoms with Crippen LogP contribution in [0.15, 0.2) is 94.4 Å². The second kappa shape index (κ2) is 9.29. The number of rotatable bonds is 7. The quantitative estimate of drug-likeness (QED) is 0.466. The van der Waals surface area contributed by atoms with Gasteiger partial charge in [-0.05, 0) is 49.4 Å². The first-order valence-electron chi connectivity index (χ1n) is 9.69. The van der Waals surface area contributed by atoms with E-state index >= 15 is 0 Å². The van der Waals surface area contributed by atoms with Crippen molar-refractivity contribution in [1.29, 1.82) is 0 Å². The zero-order valence-corrected chi connectivity index (χ0v) is 18.2. The molecule has 0 bridgehead atoms. The fraction of sp³-hybridized carbons (Fsp3) is 0.0833. The standard InChI is InChI=1S/C24H19ClN2O3S/c1-2-30-20-14-7-6-13-19(20)26-21-22(31-18-11-4-3-5-12-18)24(29)27(23(21)28)17-10-8-9-16(25)15-17/h3-15,26H,2H2,1H3. The highest BCUT2D eigenvalue weighted by Gasteiger charge is 2.40. The maximum absolute atomic E-state index is 13.4. The van der Waals surface area contributed by atoms with Gasteiger partial charge in [-0.1, -0.05) is 59.8 Å². The largest absolute Gasteiger partial charge is 0.492 e. The number of thioether (sulfide) groups is 1. The molecule has 1 aliphatic heterocycles. The van der Waals surface area contributed by atoms with Crippen LogP contribution < -0.4 is 15.0 Å². The number of amides is 2. The van der Waals surface area contributed by atoms with Gasteiger partial charge in [0, 0.05) is 9.92 Å². The Hall–Kier alpha value is -3.22. The average Bonchev–Trinajstić information content (AvgIpc) is 3.00. The Kier molecular flexibility index (Phi) is 6.30. The number of nitrogens with zero attached hydrogens (tertiary/aromatic N) is 1. The van der Waals surface area contributed by atoms with E-state index in [1.165, 1.54) is 11.8 Å². The number of anilines is 2. The van der Waals surface area contributed by atoms with Crippen molar-refractivity contribution in [3.63, 3.8) is 0 Å². The fourth-order valence-corrected chi connectivity index (χ4v) is 4.29. The van der Waals surface area contributed by atoms with Crippen LogP contribution in [0.2, 0.25) is 5.02 Å². The summed E-state index contributed by atoms with van der Waals surface area (Å²) in [6.07, 6.45) is 0. The Bertz CT molecular complexity index is 1160. The number of para-hydroxylation sites is 2. The molecule has 7 heteroatoms. The van der Waals surface area contributed by atoms with E-state index in [0.717, 1.165) is 9.80 Å². The van der Waals surface area contributed by atoms with E-state index in [2.05, 4.69) is 5.32 Å². The van der Waals surface area contributed by atoms with Crippen molar-refractivity contribution in [2.24, 2.45) is 0 Å². The topological polar surface area (TPSA) is 58.6 Å². The van der Waals surface area contributed by atoms with Crippen LogP contribution in [0.5, 0.6) is 5.75 Å². The molecule has 3 aromatic carbocycles. The van der Waals surface area contributed by atoms with Crippen LogP contribution in [0.1, 0.15) is 6.92 Å². The highest BCUT2D eigenvalue weighted by atomic mass is 35.5. The van der Waals surface area contributed by atoms with E-state index < -0.39 is 11.8 Å². The maximum atomic E-state index is 13.4. The normalized spacial score (nSPS) is 13.7. The van der Waals surface area contributed by atoms with Crippen molar-refractivity contribution < 1.29 is 14.3 Å². The number of hydrogen-bond acceptors (Lipinski definition) is 5. The van der Waals surface area contributed by atoms with Crippen molar-refractivity contribution >= 4 is 46.6 Å². The molecular formula is C24H19ClN2O3S. The van der Waals surface area contributed by atoms with E-state index in [-0.39, 0.29) is 5.70 Å². The number of hydrogen-bond donors (Lipinski definition) is 1. The summed E-state index contributed by atoms with van der Waals surface area (Å²) in [6.45, 7) is 2.36. The van der Waals surface area contributed by atoms with E-state index in [1.54, 1.807) is 24.3 Å². The molecule has 1 N–H and O–H groups in total. The molecular weight excluding hydrogens is 432 g/mol. The fourth-order valence-electron chi connectivity index (χ4n) is 3.16. The Balaban J connectivity index is 1.76. The first kappa shape index (κ1) is 21.0. The summed E-state index contributed by atoms with van der Waals surface area (Å²) in [5.41, 5.74) is 1.23. The molecule has 0 unspecified atom stereocenters. The molecule has 156 valence electrons. The number of carbonyl (C=O) groups excluding carboxylic acids is 2. The number of benzene rings is 3. The summed E-state index contributed by atoms with van der Waals surface area (Å²) < 4.78 is 5.67. The molecule has 1 heterocycles. The lowest BCUT2D eigenvalue weighted by atomic mass is 10.2. The van der Waals surface area contributed by atoms with Gasteiger partial charge in [0.25, 0.3) is 11.8 Å². The third-order valence-electron chi connectivity index (χ3n) is 4.52. The molecule has 0 saturated carbocycles. The summed E-state index contributed by atoms with van der Waals surface area (Å²) >= 11 is 7.35.